The molecule has 6 nitrogen and oxygen atoms in total. The first kappa shape index (κ1) is 26.4. The van der Waals surface area contributed by atoms with Gasteiger partial charge in [-0.25, -0.2) is 9.50 Å². The zero-order chi connectivity index (χ0) is 27.4. The van der Waals surface area contributed by atoms with Gasteiger partial charge in [0.15, 0.2) is 17.0 Å². The van der Waals surface area contributed by atoms with E-state index in [2.05, 4.69) is 58.2 Å². The molecule has 0 aliphatic heterocycles. The van der Waals surface area contributed by atoms with Crippen LogP contribution < -0.4 is 5.32 Å². The van der Waals surface area contributed by atoms with Crippen molar-refractivity contribution in [1.82, 2.24) is 14.6 Å². The van der Waals surface area contributed by atoms with Crippen LogP contribution in [0, 0.1) is 22.7 Å². The second-order valence-corrected chi connectivity index (χ2v) is 12.4. The van der Waals surface area contributed by atoms with Gasteiger partial charge in [-0.05, 0) is 54.4 Å². The molecule has 0 radical (unpaired) electrons. The van der Waals surface area contributed by atoms with Crippen molar-refractivity contribution in [3.05, 3.63) is 68.3 Å². The lowest BCUT2D eigenvalue weighted by molar-refractivity contribution is -0.142. The fourth-order valence-electron chi connectivity index (χ4n) is 4.75. The highest BCUT2D eigenvalue weighted by molar-refractivity contribution is 9.10. The number of rotatable bonds is 3. The molecule has 0 saturated carbocycles. The van der Waals surface area contributed by atoms with Crippen LogP contribution in [0.1, 0.15) is 59.4 Å². The predicted octanol–water partition coefficient (Wildman–Crippen LogP) is 7.51. The van der Waals surface area contributed by atoms with Gasteiger partial charge in [-0.3, -0.25) is 4.79 Å². The molecule has 3 aromatic heterocycles. The average molecular weight is 602 g/mol. The van der Waals surface area contributed by atoms with Crippen molar-refractivity contribution in [3.8, 4) is 17.3 Å². The van der Waals surface area contributed by atoms with Crippen LogP contribution in [-0.4, -0.2) is 20.5 Å². The number of nitriles is 1. The number of alkyl halides is 3. The Hall–Kier alpha value is -3.23. The van der Waals surface area contributed by atoms with E-state index in [9.17, 15) is 23.2 Å². The third-order valence-electron chi connectivity index (χ3n) is 6.92. The standard InChI is InChI=1S/C27H23BrF3N5OS/c1-26(2,3)15-6-9-17-18(13-32)25(38-21(17)10-15)34-24(37)20-12-23-33-19(14-4-7-16(28)8-5-14)11-22(27(29,30)31)36(23)35-20/h4-5,7-8,11-12,15H,6,9-10H2,1-3H3,(H,34,37). The first-order valence-corrected chi connectivity index (χ1v) is 13.6. The molecule has 4 aromatic rings. The zero-order valence-electron chi connectivity index (χ0n) is 20.8. The fourth-order valence-corrected chi connectivity index (χ4v) is 6.29. The van der Waals surface area contributed by atoms with Crippen molar-refractivity contribution in [1.29, 1.82) is 5.26 Å². The summed E-state index contributed by atoms with van der Waals surface area (Å²) in [6.45, 7) is 6.58. The van der Waals surface area contributed by atoms with Gasteiger partial charge in [-0.15, -0.1) is 11.3 Å². The summed E-state index contributed by atoms with van der Waals surface area (Å²) in [5, 5.41) is 16.9. The Morgan fingerprint density at radius 3 is 2.55 bits per heavy atom. The summed E-state index contributed by atoms with van der Waals surface area (Å²) in [5.74, 6) is -0.245. The third-order valence-corrected chi connectivity index (χ3v) is 8.62. The van der Waals surface area contributed by atoms with Gasteiger partial charge < -0.3 is 5.32 Å². The molecule has 1 aliphatic rings. The van der Waals surface area contributed by atoms with E-state index in [0.717, 1.165) is 40.2 Å². The van der Waals surface area contributed by atoms with Gasteiger partial charge in [0.2, 0.25) is 0 Å². The molecule has 0 saturated heterocycles. The zero-order valence-corrected chi connectivity index (χ0v) is 23.2. The summed E-state index contributed by atoms with van der Waals surface area (Å²) >= 11 is 4.67. The highest BCUT2D eigenvalue weighted by Gasteiger charge is 2.36. The summed E-state index contributed by atoms with van der Waals surface area (Å²) in [4.78, 5) is 18.5. The second-order valence-electron chi connectivity index (χ2n) is 10.4. The first-order chi connectivity index (χ1) is 17.8. The number of thiophene rings is 1. The van der Waals surface area contributed by atoms with E-state index in [-0.39, 0.29) is 22.5 Å². The molecule has 0 bridgehead atoms. The van der Waals surface area contributed by atoms with Crippen LogP contribution in [0.25, 0.3) is 16.9 Å². The van der Waals surface area contributed by atoms with E-state index in [1.807, 2.05) is 0 Å². The highest BCUT2D eigenvalue weighted by Crippen LogP contribution is 2.44. The summed E-state index contributed by atoms with van der Waals surface area (Å²) in [7, 11) is 0. The number of amides is 1. The number of carbonyl (C=O) groups excluding carboxylic acids is 1. The average Bonchev–Trinajstić information content (AvgIpc) is 3.43. The van der Waals surface area contributed by atoms with Gasteiger partial charge in [0, 0.05) is 21.0 Å². The quantitative estimate of drug-likeness (QED) is 0.263. The van der Waals surface area contributed by atoms with Crippen LogP contribution in [0.3, 0.4) is 0 Å². The molecule has 1 atom stereocenters. The molecule has 3 heterocycles. The SMILES string of the molecule is CC(C)(C)C1CCc2c(sc(NC(=O)c3cc4nc(-c5ccc(Br)cc5)cc(C(F)(F)F)n4n3)c2C#N)C1. The van der Waals surface area contributed by atoms with E-state index >= 15 is 0 Å². The van der Waals surface area contributed by atoms with Crippen molar-refractivity contribution in [3.63, 3.8) is 0 Å². The number of aromatic nitrogens is 3. The first-order valence-electron chi connectivity index (χ1n) is 11.9. The van der Waals surface area contributed by atoms with E-state index in [4.69, 9.17) is 0 Å². The number of hydrogen-bond acceptors (Lipinski definition) is 5. The van der Waals surface area contributed by atoms with Gasteiger partial charge in [0.1, 0.15) is 11.1 Å². The molecule has 196 valence electrons. The van der Waals surface area contributed by atoms with Crippen molar-refractivity contribution in [2.75, 3.05) is 5.32 Å². The Labute approximate surface area is 229 Å². The van der Waals surface area contributed by atoms with E-state index in [1.54, 1.807) is 24.3 Å². The van der Waals surface area contributed by atoms with Crippen molar-refractivity contribution >= 4 is 43.8 Å². The number of halogens is 4. The highest BCUT2D eigenvalue weighted by atomic mass is 79.9. The van der Waals surface area contributed by atoms with Crippen molar-refractivity contribution < 1.29 is 18.0 Å². The number of benzene rings is 1. The van der Waals surface area contributed by atoms with Crippen molar-refractivity contribution in [2.45, 2.75) is 46.2 Å². The van der Waals surface area contributed by atoms with E-state index < -0.39 is 17.8 Å². The Morgan fingerprint density at radius 2 is 1.92 bits per heavy atom. The normalized spacial score (nSPS) is 15.8. The van der Waals surface area contributed by atoms with Crippen molar-refractivity contribution in [2.24, 2.45) is 11.3 Å². The van der Waals surface area contributed by atoms with Gasteiger partial charge in [0.05, 0.1) is 11.3 Å². The van der Waals surface area contributed by atoms with E-state index in [1.165, 1.54) is 17.4 Å². The maximum Gasteiger partial charge on any atom is 0.433 e. The molecular weight excluding hydrogens is 579 g/mol. The van der Waals surface area contributed by atoms with E-state index in [0.29, 0.717) is 26.6 Å². The van der Waals surface area contributed by atoms with Gasteiger partial charge in [-0.1, -0.05) is 48.8 Å². The van der Waals surface area contributed by atoms with Crippen LogP contribution in [0.5, 0.6) is 0 Å². The molecule has 0 spiro atoms. The summed E-state index contributed by atoms with van der Waals surface area (Å²) < 4.78 is 43.3. The Balaban J connectivity index is 1.50. The number of nitrogens with one attached hydrogen (secondary N) is 1. The summed E-state index contributed by atoms with van der Waals surface area (Å²) in [6, 6.07) is 11.1. The molecule has 1 N–H and O–H groups in total. The topological polar surface area (TPSA) is 83.1 Å². The monoisotopic (exact) mass is 601 g/mol. The minimum Gasteiger partial charge on any atom is -0.311 e. The lowest BCUT2D eigenvalue weighted by Gasteiger charge is -2.33. The van der Waals surface area contributed by atoms with Gasteiger partial charge >= 0.3 is 6.18 Å². The molecule has 1 aromatic carbocycles. The molecule has 1 amide bonds. The van der Waals surface area contributed by atoms with Crippen LogP contribution in [0.2, 0.25) is 0 Å². The number of hydrogen-bond donors (Lipinski definition) is 1. The fraction of sp³-hybridized carbons (Fsp3) is 0.333. The van der Waals surface area contributed by atoms with Gasteiger partial charge in [-0.2, -0.15) is 23.5 Å². The van der Waals surface area contributed by atoms with Gasteiger partial charge in [0.25, 0.3) is 5.91 Å². The third kappa shape index (κ3) is 4.95. The lowest BCUT2D eigenvalue weighted by atomic mass is 9.72. The summed E-state index contributed by atoms with van der Waals surface area (Å²) in [5.41, 5.74) is 0.703. The maximum absolute atomic E-state index is 13.9. The van der Waals surface area contributed by atoms with Crippen LogP contribution in [0.4, 0.5) is 18.2 Å². The molecule has 38 heavy (non-hydrogen) atoms. The smallest absolute Gasteiger partial charge is 0.311 e. The van der Waals surface area contributed by atoms with Crippen LogP contribution >= 0.6 is 27.3 Å². The predicted molar refractivity (Wildman–Crippen MR) is 143 cm³/mol. The maximum atomic E-state index is 13.9. The number of carbonyl (C=O) groups is 1. The minimum absolute atomic E-state index is 0.107. The Kier molecular flexibility index (Phi) is 6.60. The molecule has 5 rings (SSSR count). The largest absolute Gasteiger partial charge is 0.433 e. The molecular formula is C27H23BrF3N5OS. The van der Waals surface area contributed by atoms with Crippen LogP contribution in [0.15, 0.2) is 40.9 Å². The molecule has 1 aliphatic carbocycles. The van der Waals surface area contributed by atoms with Crippen LogP contribution in [-0.2, 0) is 19.0 Å². The number of nitrogens with zero attached hydrogens (tertiary/aromatic N) is 4. The molecule has 11 heteroatoms. The Morgan fingerprint density at radius 1 is 1.21 bits per heavy atom. The Bertz CT molecular complexity index is 1590. The lowest BCUT2D eigenvalue weighted by Crippen LogP contribution is -2.26. The second kappa shape index (κ2) is 9.50. The molecule has 1 unspecified atom stereocenters. The number of anilines is 1. The number of fused-ring (bicyclic) bond motifs is 2. The molecule has 0 fully saturated rings. The minimum atomic E-state index is -4.73. The summed E-state index contributed by atoms with van der Waals surface area (Å²) in [6.07, 6.45) is -2.21.